The molecule has 2 heterocycles. The molecule has 0 fully saturated rings. The molecule has 1 aromatic heterocycles. The minimum absolute atomic E-state index is 0.0521. The van der Waals surface area contributed by atoms with Crippen LogP contribution in [0.3, 0.4) is 0 Å². The zero-order valence-electron chi connectivity index (χ0n) is 13.6. The number of ketones is 1. The van der Waals surface area contributed by atoms with Crippen LogP contribution in [0.2, 0.25) is 0 Å². The summed E-state index contributed by atoms with van der Waals surface area (Å²) >= 11 is 0. The second-order valence-electron chi connectivity index (χ2n) is 5.83. The maximum atomic E-state index is 12.6. The molecule has 0 spiro atoms. The first kappa shape index (κ1) is 15.1. The Morgan fingerprint density at radius 3 is 2.80 bits per heavy atom. The molecule has 0 saturated carbocycles. The normalized spacial score (nSPS) is 14.8. The highest BCUT2D eigenvalue weighted by atomic mass is 16.5. The van der Waals surface area contributed by atoms with Crippen molar-refractivity contribution in [2.75, 3.05) is 7.11 Å². The van der Waals surface area contributed by atoms with Gasteiger partial charge in [-0.15, -0.1) is 0 Å². The van der Waals surface area contributed by atoms with Crippen LogP contribution in [-0.2, 0) is 7.05 Å². The molecule has 2 aromatic carbocycles. The lowest BCUT2D eigenvalue weighted by molar-refractivity contribution is 0.101. The van der Waals surface area contributed by atoms with Crippen molar-refractivity contribution >= 4 is 22.8 Å². The lowest BCUT2D eigenvalue weighted by atomic mass is 10.1. The number of aromatic hydroxyl groups is 2. The third-order valence-electron chi connectivity index (χ3n) is 4.25. The first-order valence-corrected chi connectivity index (χ1v) is 7.62. The molecule has 0 atom stereocenters. The van der Waals surface area contributed by atoms with Gasteiger partial charge in [-0.1, -0.05) is 6.07 Å². The number of fused-ring (bicyclic) bond motifs is 2. The maximum absolute atomic E-state index is 12.6. The van der Waals surface area contributed by atoms with E-state index in [0.717, 1.165) is 22.5 Å². The smallest absolute Gasteiger partial charge is 0.235 e. The van der Waals surface area contributed by atoms with E-state index in [1.165, 1.54) is 6.07 Å². The summed E-state index contributed by atoms with van der Waals surface area (Å²) in [5.41, 5.74) is 1.76. The zero-order valence-corrected chi connectivity index (χ0v) is 13.6. The van der Waals surface area contributed by atoms with Crippen LogP contribution in [0, 0.1) is 0 Å². The van der Waals surface area contributed by atoms with Crippen molar-refractivity contribution in [1.29, 1.82) is 0 Å². The van der Waals surface area contributed by atoms with E-state index in [1.54, 1.807) is 13.2 Å². The van der Waals surface area contributed by atoms with Crippen molar-refractivity contribution in [1.82, 2.24) is 4.57 Å². The molecular formula is C19H15NO5. The number of aromatic nitrogens is 1. The molecule has 25 heavy (non-hydrogen) atoms. The molecule has 0 radical (unpaired) electrons. The summed E-state index contributed by atoms with van der Waals surface area (Å²) in [7, 11) is 3.49. The molecule has 6 nitrogen and oxygen atoms in total. The Morgan fingerprint density at radius 2 is 2.04 bits per heavy atom. The first-order valence-electron chi connectivity index (χ1n) is 7.62. The summed E-state index contributed by atoms with van der Waals surface area (Å²) in [5, 5.41) is 20.3. The number of phenols is 2. The van der Waals surface area contributed by atoms with Gasteiger partial charge in [-0.2, -0.15) is 0 Å². The molecule has 126 valence electrons. The fourth-order valence-electron chi connectivity index (χ4n) is 3.15. The van der Waals surface area contributed by atoms with Gasteiger partial charge in [-0.3, -0.25) is 4.79 Å². The third kappa shape index (κ3) is 2.22. The summed E-state index contributed by atoms with van der Waals surface area (Å²) < 4.78 is 12.9. The number of ether oxygens (including phenoxy) is 2. The largest absolute Gasteiger partial charge is 0.508 e. The molecule has 1 aliphatic rings. The van der Waals surface area contributed by atoms with Gasteiger partial charge in [-0.05, 0) is 18.2 Å². The second-order valence-corrected chi connectivity index (χ2v) is 5.83. The van der Waals surface area contributed by atoms with Gasteiger partial charge in [0, 0.05) is 36.3 Å². The molecule has 0 unspecified atom stereocenters. The molecule has 1 aliphatic heterocycles. The Hall–Kier alpha value is -3.41. The van der Waals surface area contributed by atoms with Crippen molar-refractivity contribution in [3.8, 4) is 23.0 Å². The predicted octanol–water partition coefficient (Wildman–Crippen LogP) is 3.21. The average molecular weight is 337 g/mol. The van der Waals surface area contributed by atoms with E-state index in [9.17, 15) is 15.0 Å². The summed E-state index contributed by atoms with van der Waals surface area (Å²) in [5.74, 6) is -0.000842. The van der Waals surface area contributed by atoms with E-state index in [4.69, 9.17) is 9.47 Å². The Morgan fingerprint density at radius 1 is 1.24 bits per heavy atom. The van der Waals surface area contributed by atoms with Crippen LogP contribution in [0.5, 0.6) is 23.0 Å². The van der Waals surface area contributed by atoms with Crippen molar-refractivity contribution in [2.24, 2.45) is 7.05 Å². The number of phenolic OH excluding ortho intramolecular Hbond substituents is 2. The molecule has 6 heteroatoms. The fraction of sp³-hybridized carbons (Fsp3) is 0.105. The third-order valence-corrected chi connectivity index (χ3v) is 4.25. The number of hydrogen-bond acceptors (Lipinski definition) is 5. The van der Waals surface area contributed by atoms with Gasteiger partial charge < -0.3 is 24.3 Å². The van der Waals surface area contributed by atoms with Crippen LogP contribution in [-0.4, -0.2) is 27.7 Å². The highest BCUT2D eigenvalue weighted by Gasteiger charge is 2.31. The minimum Gasteiger partial charge on any atom is -0.508 e. The van der Waals surface area contributed by atoms with Crippen LogP contribution in [0.4, 0.5) is 0 Å². The Kier molecular flexibility index (Phi) is 3.21. The van der Waals surface area contributed by atoms with Crippen LogP contribution in [0.1, 0.15) is 15.9 Å². The molecular weight excluding hydrogens is 322 g/mol. The van der Waals surface area contributed by atoms with Gasteiger partial charge >= 0.3 is 0 Å². The summed E-state index contributed by atoms with van der Waals surface area (Å²) in [6.07, 6.45) is 3.49. The summed E-state index contributed by atoms with van der Waals surface area (Å²) in [6.45, 7) is 0. The topological polar surface area (TPSA) is 80.9 Å². The first-order chi connectivity index (χ1) is 12.0. The second kappa shape index (κ2) is 5.31. The fourth-order valence-corrected chi connectivity index (χ4v) is 3.15. The van der Waals surface area contributed by atoms with Gasteiger partial charge in [0.2, 0.25) is 5.78 Å². The monoisotopic (exact) mass is 337 g/mol. The van der Waals surface area contributed by atoms with Crippen LogP contribution < -0.4 is 9.47 Å². The standard InChI is InChI=1S/C19H15NO5/c1-20-9-10(17-12(20)4-3-5-14(17)24-2)6-16-19(23)18-13(22)7-11(21)8-15(18)25-16/h3-9,21-22H,1-2H3. The van der Waals surface area contributed by atoms with Crippen molar-refractivity contribution in [3.05, 3.63) is 53.4 Å². The Balaban J connectivity index is 1.87. The van der Waals surface area contributed by atoms with Crippen LogP contribution >= 0.6 is 0 Å². The molecule has 4 rings (SSSR count). The lowest BCUT2D eigenvalue weighted by Gasteiger charge is -2.03. The molecule has 2 N–H and O–H groups in total. The van der Waals surface area contributed by atoms with Gasteiger partial charge in [0.05, 0.1) is 12.6 Å². The van der Waals surface area contributed by atoms with E-state index < -0.39 is 5.78 Å². The van der Waals surface area contributed by atoms with E-state index in [2.05, 4.69) is 0 Å². The van der Waals surface area contributed by atoms with Gasteiger partial charge in [-0.25, -0.2) is 0 Å². The number of rotatable bonds is 2. The quantitative estimate of drug-likeness (QED) is 0.702. The van der Waals surface area contributed by atoms with Gasteiger partial charge in [0.25, 0.3) is 0 Å². The van der Waals surface area contributed by atoms with E-state index in [1.807, 2.05) is 36.0 Å². The number of carbonyl (C=O) groups is 1. The van der Waals surface area contributed by atoms with E-state index >= 15 is 0 Å². The molecule has 0 amide bonds. The number of carbonyl (C=O) groups excluding carboxylic acids is 1. The lowest BCUT2D eigenvalue weighted by Crippen LogP contribution is -1.98. The predicted molar refractivity (Wildman–Crippen MR) is 92.2 cm³/mol. The number of Topliss-reactive ketones (excluding diaryl/α,β-unsaturated/α-hetero) is 1. The van der Waals surface area contributed by atoms with Crippen LogP contribution in [0.25, 0.3) is 17.0 Å². The van der Waals surface area contributed by atoms with Crippen molar-refractivity contribution in [3.63, 3.8) is 0 Å². The van der Waals surface area contributed by atoms with E-state index in [-0.39, 0.29) is 28.6 Å². The number of benzene rings is 2. The zero-order chi connectivity index (χ0) is 17.7. The highest BCUT2D eigenvalue weighted by molar-refractivity contribution is 6.17. The van der Waals surface area contributed by atoms with Crippen LogP contribution in [0.15, 0.2) is 42.3 Å². The Labute approximate surface area is 143 Å². The van der Waals surface area contributed by atoms with E-state index in [0.29, 0.717) is 5.75 Å². The summed E-state index contributed by atoms with van der Waals surface area (Å²) in [4.78, 5) is 12.6. The number of methoxy groups -OCH3 is 1. The minimum atomic E-state index is -0.431. The number of allylic oxidation sites excluding steroid dienone is 1. The highest BCUT2D eigenvalue weighted by Crippen LogP contribution is 2.41. The van der Waals surface area contributed by atoms with Crippen molar-refractivity contribution in [2.45, 2.75) is 0 Å². The molecule has 0 bridgehead atoms. The van der Waals surface area contributed by atoms with Gasteiger partial charge in [0.1, 0.15) is 28.6 Å². The average Bonchev–Trinajstić information content (AvgIpc) is 3.05. The maximum Gasteiger partial charge on any atom is 0.235 e. The number of nitrogens with zero attached hydrogens (tertiary/aromatic N) is 1. The Bertz CT molecular complexity index is 1060. The molecule has 0 aliphatic carbocycles. The van der Waals surface area contributed by atoms with Gasteiger partial charge in [0.15, 0.2) is 5.76 Å². The van der Waals surface area contributed by atoms with Crippen molar-refractivity contribution < 1.29 is 24.5 Å². The summed E-state index contributed by atoms with van der Waals surface area (Å²) in [6, 6.07) is 8.11. The molecule has 3 aromatic rings. The molecule has 0 saturated heterocycles. The number of aryl methyl sites for hydroxylation is 1. The SMILES string of the molecule is COc1cccc2c1c(C=C1Oc3cc(O)cc(O)c3C1=O)cn2C. The number of hydrogen-bond donors (Lipinski definition) is 2.